The molecule has 3 rings (SSSR count). The van der Waals surface area contributed by atoms with Crippen LogP contribution in [0.3, 0.4) is 0 Å². The monoisotopic (exact) mass is 271 g/mol. The largest absolute Gasteiger partial charge is 0.496 e. The quantitative estimate of drug-likeness (QED) is 0.769. The Morgan fingerprint density at radius 3 is 3.05 bits per heavy atom. The van der Waals surface area contributed by atoms with Gasteiger partial charge in [0, 0.05) is 5.92 Å². The number of carbonyl (C=O) groups excluding carboxylic acids is 1. The van der Waals surface area contributed by atoms with Crippen LogP contribution in [0.15, 0.2) is 30.9 Å². The molecule has 102 valence electrons. The average molecular weight is 271 g/mol. The molecule has 1 fully saturated rings. The molecule has 0 spiro atoms. The zero-order chi connectivity index (χ0) is 14.3. The van der Waals surface area contributed by atoms with Gasteiger partial charge in [-0.05, 0) is 12.1 Å². The lowest BCUT2D eigenvalue weighted by molar-refractivity contribution is -0.0776. The number of hydrogen-bond donors (Lipinski definition) is 0. The van der Waals surface area contributed by atoms with Crippen molar-refractivity contribution >= 4 is 5.78 Å². The number of Topliss-reactive ketones (excluding diaryl/α,β-unsaturated/α-hetero) is 1. The summed E-state index contributed by atoms with van der Waals surface area (Å²) in [5, 5.41) is 9.59. The highest BCUT2D eigenvalue weighted by Gasteiger charge is 2.62. The van der Waals surface area contributed by atoms with Crippen LogP contribution in [0.2, 0.25) is 0 Å². The lowest BCUT2D eigenvalue weighted by Crippen LogP contribution is -2.48. The van der Waals surface area contributed by atoms with Crippen LogP contribution in [0.25, 0.3) is 0 Å². The summed E-state index contributed by atoms with van der Waals surface area (Å²) in [6, 6.07) is 7.16. The van der Waals surface area contributed by atoms with Crippen LogP contribution in [0.1, 0.15) is 10.4 Å². The maximum Gasteiger partial charge on any atom is 0.227 e. The second kappa shape index (κ2) is 4.36. The third-order valence-electron chi connectivity index (χ3n) is 3.90. The molecule has 1 saturated heterocycles. The van der Waals surface area contributed by atoms with Gasteiger partial charge < -0.3 is 14.2 Å². The van der Waals surface area contributed by atoms with Crippen molar-refractivity contribution in [2.75, 3.05) is 13.7 Å². The molecular weight excluding hydrogens is 258 g/mol. The first-order valence-corrected chi connectivity index (χ1v) is 6.23. The first-order valence-electron chi connectivity index (χ1n) is 6.23. The van der Waals surface area contributed by atoms with Gasteiger partial charge in [0.25, 0.3) is 0 Å². The Balaban J connectivity index is 2.22. The number of ketones is 1. The van der Waals surface area contributed by atoms with Gasteiger partial charge in [-0.25, -0.2) is 0 Å². The molecule has 0 bridgehead atoms. The number of nitriles is 1. The van der Waals surface area contributed by atoms with Crippen molar-refractivity contribution in [2.45, 2.75) is 6.29 Å². The van der Waals surface area contributed by atoms with Gasteiger partial charge in [0.05, 0.1) is 19.8 Å². The Labute approximate surface area is 116 Å². The van der Waals surface area contributed by atoms with E-state index in [1.54, 1.807) is 24.3 Å². The van der Waals surface area contributed by atoms with Crippen LogP contribution < -0.4 is 9.47 Å². The van der Waals surface area contributed by atoms with Crippen LogP contribution in [0.5, 0.6) is 11.5 Å². The Morgan fingerprint density at radius 1 is 1.60 bits per heavy atom. The molecule has 5 nitrogen and oxygen atoms in total. The van der Waals surface area contributed by atoms with Gasteiger partial charge in [-0.3, -0.25) is 4.79 Å². The van der Waals surface area contributed by atoms with Crippen molar-refractivity contribution in [3.05, 3.63) is 36.4 Å². The van der Waals surface area contributed by atoms with Gasteiger partial charge in [0.15, 0.2) is 11.2 Å². The van der Waals surface area contributed by atoms with E-state index in [2.05, 4.69) is 12.6 Å². The summed E-state index contributed by atoms with van der Waals surface area (Å²) in [4.78, 5) is 12.9. The first kappa shape index (κ1) is 12.7. The minimum Gasteiger partial charge on any atom is -0.496 e. The zero-order valence-corrected chi connectivity index (χ0v) is 11.0. The van der Waals surface area contributed by atoms with Gasteiger partial charge in [0.2, 0.25) is 6.29 Å². The van der Waals surface area contributed by atoms with Gasteiger partial charge in [-0.2, -0.15) is 5.26 Å². The maximum atomic E-state index is 12.9. The summed E-state index contributed by atoms with van der Waals surface area (Å²) in [7, 11) is 1.48. The number of nitrogens with zero attached hydrogens (tertiary/aromatic N) is 1. The highest BCUT2D eigenvalue weighted by molar-refractivity contribution is 6.08. The number of fused-ring (bicyclic) bond motifs is 2. The molecule has 0 aromatic heterocycles. The molecule has 2 heterocycles. The number of carbonyl (C=O) groups is 1. The van der Waals surface area contributed by atoms with Crippen LogP contribution in [-0.2, 0) is 4.74 Å². The standard InChI is InChI=1S/C15H13NO4/c1-3-9-7-19-14-15(9,8-16)13(17)12-10(18-2)5-4-6-11(12)20-14/h3-6,9,14H,1,7H2,2H3/t9-,14?,15?/m1/s1. The smallest absolute Gasteiger partial charge is 0.227 e. The van der Waals surface area contributed by atoms with Gasteiger partial charge in [0.1, 0.15) is 17.1 Å². The van der Waals surface area contributed by atoms with Crippen LogP contribution in [0.4, 0.5) is 0 Å². The number of rotatable bonds is 2. The number of ether oxygens (including phenoxy) is 3. The molecule has 3 atom stereocenters. The second-order valence-corrected chi connectivity index (χ2v) is 4.77. The molecule has 1 aromatic carbocycles. The molecule has 2 aliphatic rings. The van der Waals surface area contributed by atoms with Crippen molar-refractivity contribution in [1.82, 2.24) is 0 Å². The summed E-state index contributed by atoms with van der Waals surface area (Å²) < 4.78 is 16.4. The lowest BCUT2D eigenvalue weighted by atomic mass is 9.71. The van der Waals surface area contributed by atoms with E-state index in [1.807, 2.05) is 0 Å². The van der Waals surface area contributed by atoms with E-state index in [9.17, 15) is 10.1 Å². The molecular formula is C15H13NO4. The van der Waals surface area contributed by atoms with E-state index in [-0.39, 0.29) is 12.4 Å². The topological polar surface area (TPSA) is 68.6 Å². The highest BCUT2D eigenvalue weighted by Crippen LogP contribution is 2.50. The highest BCUT2D eigenvalue weighted by atomic mass is 16.7. The predicted octanol–water partition coefficient (Wildman–Crippen LogP) is 1.94. The number of methoxy groups -OCH3 is 1. The Morgan fingerprint density at radius 2 is 2.40 bits per heavy atom. The van der Waals surface area contributed by atoms with E-state index in [1.165, 1.54) is 7.11 Å². The first-order chi connectivity index (χ1) is 9.68. The summed E-state index contributed by atoms with van der Waals surface area (Å²) in [6.45, 7) is 3.93. The average Bonchev–Trinajstić information content (AvgIpc) is 2.85. The summed E-state index contributed by atoms with van der Waals surface area (Å²) in [5.41, 5.74) is -1.09. The van der Waals surface area contributed by atoms with E-state index in [0.29, 0.717) is 17.1 Å². The maximum absolute atomic E-state index is 12.9. The van der Waals surface area contributed by atoms with E-state index in [0.717, 1.165) is 0 Å². The van der Waals surface area contributed by atoms with E-state index >= 15 is 0 Å². The number of hydrogen-bond acceptors (Lipinski definition) is 5. The molecule has 2 aliphatic heterocycles. The molecule has 0 radical (unpaired) electrons. The van der Waals surface area contributed by atoms with Crippen LogP contribution >= 0.6 is 0 Å². The molecule has 0 amide bonds. The SMILES string of the molecule is C=C[C@@H]1COC2Oc3cccc(OC)c3C(=O)C21C#N. The normalized spacial score (nSPS) is 30.7. The fourth-order valence-corrected chi connectivity index (χ4v) is 2.80. The van der Waals surface area contributed by atoms with Crippen molar-refractivity contribution in [3.8, 4) is 17.6 Å². The molecule has 0 saturated carbocycles. The summed E-state index contributed by atoms with van der Waals surface area (Å²) >= 11 is 0. The Bertz CT molecular complexity index is 633. The van der Waals surface area contributed by atoms with Crippen molar-refractivity contribution < 1.29 is 19.0 Å². The Hall–Kier alpha value is -2.32. The molecule has 2 unspecified atom stereocenters. The minimum absolute atomic E-state index is 0.240. The summed E-state index contributed by atoms with van der Waals surface area (Å²) in [6.07, 6.45) is 0.674. The van der Waals surface area contributed by atoms with Gasteiger partial charge >= 0.3 is 0 Å². The third kappa shape index (κ3) is 1.37. The fourth-order valence-electron chi connectivity index (χ4n) is 2.80. The molecule has 20 heavy (non-hydrogen) atoms. The Kier molecular flexibility index (Phi) is 2.77. The zero-order valence-electron chi connectivity index (χ0n) is 11.0. The molecule has 5 heteroatoms. The summed E-state index contributed by atoms with van der Waals surface area (Å²) in [5.74, 6) is 0.0550. The van der Waals surface area contributed by atoms with Crippen molar-refractivity contribution in [2.24, 2.45) is 11.3 Å². The minimum atomic E-state index is -1.39. The van der Waals surface area contributed by atoms with E-state index in [4.69, 9.17) is 14.2 Å². The number of benzene rings is 1. The van der Waals surface area contributed by atoms with E-state index < -0.39 is 17.6 Å². The van der Waals surface area contributed by atoms with Crippen molar-refractivity contribution in [3.63, 3.8) is 0 Å². The van der Waals surface area contributed by atoms with Gasteiger partial charge in [-0.15, -0.1) is 6.58 Å². The second-order valence-electron chi connectivity index (χ2n) is 4.77. The van der Waals surface area contributed by atoms with Crippen LogP contribution in [0, 0.1) is 22.7 Å². The molecule has 1 aromatic rings. The molecule has 0 aliphatic carbocycles. The van der Waals surface area contributed by atoms with Gasteiger partial charge in [-0.1, -0.05) is 12.1 Å². The lowest BCUT2D eigenvalue weighted by Gasteiger charge is -2.34. The fraction of sp³-hybridized carbons (Fsp3) is 0.333. The van der Waals surface area contributed by atoms with Crippen molar-refractivity contribution in [1.29, 1.82) is 5.26 Å². The third-order valence-corrected chi connectivity index (χ3v) is 3.90. The molecule has 0 N–H and O–H groups in total. The predicted molar refractivity (Wildman–Crippen MR) is 69.4 cm³/mol. The van der Waals surface area contributed by atoms with Crippen LogP contribution in [-0.4, -0.2) is 25.8 Å².